The van der Waals surface area contributed by atoms with Crippen LogP contribution in [-0.4, -0.2) is 32.0 Å². The number of hydrogen-bond acceptors (Lipinski definition) is 3. The van der Waals surface area contributed by atoms with Gasteiger partial charge in [0.25, 0.3) is 0 Å². The zero-order valence-corrected chi connectivity index (χ0v) is 15.2. The number of benzene rings is 2. The molecule has 2 aromatic rings. The lowest BCUT2D eigenvalue weighted by molar-refractivity contribution is -0.116. The topological polar surface area (TPSA) is 61.4 Å². The van der Waals surface area contributed by atoms with Crippen molar-refractivity contribution in [1.29, 1.82) is 0 Å². The summed E-state index contributed by atoms with van der Waals surface area (Å²) >= 11 is 0. The minimum Gasteiger partial charge on any atom is -0.375 e. The molecule has 0 aromatic heterocycles. The second kappa shape index (κ2) is 10.0. The van der Waals surface area contributed by atoms with E-state index in [2.05, 4.69) is 27.7 Å². The van der Waals surface area contributed by atoms with E-state index in [1.54, 1.807) is 18.2 Å². The lowest BCUT2D eigenvalue weighted by Crippen LogP contribution is -2.26. The Hall–Kier alpha value is -3.08. The van der Waals surface area contributed by atoms with Crippen LogP contribution in [0.4, 0.5) is 11.4 Å². The molecule has 0 unspecified atom stereocenters. The Morgan fingerprint density at radius 3 is 2.38 bits per heavy atom. The highest BCUT2D eigenvalue weighted by atomic mass is 16.2. The number of amides is 2. The average molecular weight is 351 g/mol. The van der Waals surface area contributed by atoms with E-state index >= 15 is 0 Å². The van der Waals surface area contributed by atoms with Crippen molar-refractivity contribution in [3.8, 4) is 0 Å². The molecule has 136 valence electrons. The van der Waals surface area contributed by atoms with Crippen molar-refractivity contribution in [3.63, 3.8) is 0 Å². The Labute approximate surface area is 154 Å². The highest BCUT2D eigenvalue weighted by molar-refractivity contribution is 5.92. The van der Waals surface area contributed by atoms with Gasteiger partial charge in [-0.25, -0.2) is 0 Å². The van der Waals surface area contributed by atoms with Gasteiger partial charge in [-0.05, 0) is 42.3 Å². The SMILES string of the molecule is CC(=O)Nc1ccc(/C=C/C(=O)NCCCN(C)c2ccccc2)cc1. The summed E-state index contributed by atoms with van der Waals surface area (Å²) in [5, 5.41) is 5.59. The molecule has 2 N–H and O–H groups in total. The van der Waals surface area contributed by atoms with Crippen molar-refractivity contribution in [2.75, 3.05) is 30.4 Å². The first kappa shape index (κ1) is 19.2. The molecular formula is C21H25N3O2. The average Bonchev–Trinajstić information content (AvgIpc) is 2.65. The van der Waals surface area contributed by atoms with E-state index < -0.39 is 0 Å². The Balaban J connectivity index is 1.69. The van der Waals surface area contributed by atoms with E-state index in [1.165, 1.54) is 18.7 Å². The summed E-state index contributed by atoms with van der Waals surface area (Å²) in [7, 11) is 2.04. The van der Waals surface area contributed by atoms with E-state index in [1.807, 2.05) is 37.4 Å². The first-order valence-electron chi connectivity index (χ1n) is 8.64. The largest absolute Gasteiger partial charge is 0.375 e. The van der Waals surface area contributed by atoms with Crippen molar-refractivity contribution < 1.29 is 9.59 Å². The number of nitrogens with zero attached hydrogens (tertiary/aromatic N) is 1. The van der Waals surface area contributed by atoms with Gasteiger partial charge in [0.2, 0.25) is 11.8 Å². The predicted octanol–water partition coefficient (Wildman–Crippen LogP) is 3.30. The minimum absolute atomic E-state index is 0.106. The molecule has 2 aromatic carbocycles. The van der Waals surface area contributed by atoms with Gasteiger partial charge in [0.05, 0.1) is 0 Å². The third-order valence-electron chi connectivity index (χ3n) is 3.82. The number of anilines is 2. The van der Waals surface area contributed by atoms with Gasteiger partial charge in [-0.1, -0.05) is 30.3 Å². The summed E-state index contributed by atoms with van der Waals surface area (Å²) in [4.78, 5) is 25.0. The third-order valence-corrected chi connectivity index (χ3v) is 3.82. The Bertz CT molecular complexity index is 740. The van der Waals surface area contributed by atoms with Crippen LogP contribution in [0.5, 0.6) is 0 Å². The van der Waals surface area contributed by atoms with E-state index in [0.717, 1.165) is 24.2 Å². The lowest BCUT2D eigenvalue weighted by atomic mass is 10.2. The smallest absolute Gasteiger partial charge is 0.244 e. The second-order valence-electron chi connectivity index (χ2n) is 6.04. The van der Waals surface area contributed by atoms with E-state index in [-0.39, 0.29) is 11.8 Å². The molecule has 0 radical (unpaired) electrons. The maximum atomic E-state index is 11.9. The second-order valence-corrected chi connectivity index (χ2v) is 6.04. The molecule has 0 aliphatic carbocycles. The normalized spacial score (nSPS) is 10.5. The Morgan fingerprint density at radius 1 is 1.04 bits per heavy atom. The van der Waals surface area contributed by atoms with Crippen molar-refractivity contribution in [2.45, 2.75) is 13.3 Å². The monoisotopic (exact) mass is 351 g/mol. The number of nitrogens with one attached hydrogen (secondary N) is 2. The molecule has 5 nitrogen and oxygen atoms in total. The summed E-state index contributed by atoms with van der Waals surface area (Å²) in [6, 6.07) is 17.5. The highest BCUT2D eigenvalue weighted by Gasteiger charge is 2.00. The van der Waals surface area contributed by atoms with Crippen LogP contribution in [-0.2, 0) is 9.59 Å². The van der Waals surface area contributed by atoms with Crippen LogP contribution in [0.1, 0.15) is 18.9 Å². The van der Waals surface area contributed by atoms with Gasteiger partial charge in [0.1, 0.15) is 0 Å². The van der Waals surface area contributed by atoms with Gasteiger partial charge in [-0.15, -0.1) is 0 Å². The van der Waals surface area contributed by atoms with Crippen molar-refractivity contribution >= 4 is 29.3 Å². The summed E-state index contributed by atoms with van der Waals surface area (Å²) < 4.78 is 0. The molecule has 0 fully saturated rings. The molecule has 0 heterocycles. The van der Waals surface area contributed by atoms with Crippen LogP contribution in [0, 0.1) is 0 Å². The molecule has 0 saturated carbocycles. The van der Waals surface area contributed by atoms with Gasteiger partial charge >= 0.3 is 0 Å². The molecular weight excluding hydrogens is 326 g/mol. The Morgan fingerprint density at radius 2 is 1.73 bits per heavy atom. The summed E-state index contributed by atoms with van der Waals surface area (Å²) in [6.45, 7) is 2.97. The predicted molar refractivity (Wildman–Crippen MR) is 107 cm³/mol. The Kier molecular flexibility index (Phi) is 7.43. The standard InChI is InChI=1S/C21H25N3O2/c1-17(25)23-19-12-9-18(10-13-19)11-14-21(26)22-15-6-16-24(2)20-7-4-3-5-8-20/h3-5,7-14H,6,15-16H2,1-2H3,(H,22,26)(H,23,25)/b14-11+. The van der Waals surface area contributed by atoms with Crippen LogP contribution in [0.3, 0.4) is 0 Å². The maximum Gasteiger partial charge on any atom is 0.244 e. The fourth-order valence-corrected chi connectivity index (χ4v) is 2.45. The number of carbonyl (C=O) groups is 2. The van der Waals surface area contributed by atoms with Crippen LogP contribution < -0.4 is 15.5 Å². The van der Waals surface area contributed by atoms with Crippen molar-refractivity contribution in [1.82, 2.24) is 5.32 Å². The molecule has 0 bridgehead atoms. The number of para-hydroxylation sites is 1. The van der Waals surface area contributed by atoms with E-state index in [4.69, 9.17) is 0 Å². The van der Waals surface area contributed by atoms with Crippen LogP contribution in [0.15, 0.2) is 60.7 Å². The molecule has 0 saturated heterocycles. The third kappa shape index (κ3) is 6.81. The zero-order valence-electron chi connectivity index (χ0n) is 15.2. The molecule has 0 atom stereocenters. The molecule has 26 heavy (non-hydrogen) atoms. The number of carbonyl (C=O) groups excluding carboxylic acids is 2. The molecule has 5 heteroatoms. The van der Waals surface area contributed by atoms with Crippen LogP contribution in [0.25, 0.3) is 6.08 Å². The summed E-state index contributed by atoms with van der Waals surface area (Å²) in [6.07, 6.45) is 4.15. The maximum absolute atomic E-state index is 11.9. The minimum atomic E-state index is -0.113. The van der Waals surface area contributed by atoms with Gasteiger partial charge < -0.3 is 15.5 Å². The fourth-order valence-electron chi connectivity index (χ4n) is 2.45. The first-order chi connectivity index (χ1) is 12.5. The molecule has 2 amide bonds. The van der Waals surface area contributed by atoms with Gasteiger partial charge in [-0.3, -0.25) is 9.59 Å². The van der Waals surface area contributed by atoms with Crippen molar-refractivity contribution in [2.24, 2.45) is 0 Å². The fraction of sp³-hybridized carbons (Fsp3) is 0.238. The number of rotatable bonds is 8. The summed E-state index contributed by atoms with van der Waals surface area (Å²) in [5.41, 5.74) is 2.81. The summed E-state index contributed by atoms with van der Waals surface area (Å²) in [5.74, 6) is -0.219. The first-order valence-corrected chi connectivity index (χ1v) is 8.64. The van der Waals surface area contributed by atoms with E-state index in [0.29, 0.717) is 6.54 Å². The van der Waals surface area contributed by atoms with Gasteiger partial charge in [0, 0.05) is 44.5 Å². The zero-order chi connectivity index (χ0) is 18.8. The highest BCUT2D eigenvalue weighted by Crippen LogP contribution is 2.11. The lowest BCUT2D eigenvalue weighted by Gasteiger charge is -2.19. The van der Waals surface area contributed by atoms with Crippen LogP contribution >= 0.6 is 0 Å². The van der Waals surface area contributed by atoms with Gasteiger partial charge in [-0.2, -0.15) is 0 Å². The molecule has 0 aliphatic heterocycles. The number of hydrogen-bond donors (Lipinski definition) is 2. The van der Waals surface area contributed by atoms with E-state index in [9.17, 15) is 9.59 Å². The quantitative estimate of drug-likeness (QED) is 0.567. The van der Waals surface area contributed by atoms with Gasteiger partial charge in [0.15, 0.2) is 0 Å². The molecule has 0 aliphatic rings. The molecule has 0 spiro atoms. The van der Waals surface area contributed by atoms with Crippen LogP contribution in [0.2, 0.25) is 0 Å². The molecule has 2 rings (SSSR count). The van der Waals surface area contributed by atoms with Crippen molar-refractivity contribution in [3.05, 3.63) is 66.2 Å².